The fraction of sp³-hybridized carbons (Fsp3) is 0.0833. The molecule has 0 spiro atoms. The van der Waals surface area contributed by atoms with Gasteiger partial charge in [-0.2, -0.15) is 5.26 Å². The van der Waals surface area contributed by atoms with Crippen LogP contribution >= 0.6 is 0 Å². The molecule has 1 rings (SSSR count). The second-order valence-electron chi connectivity index (χ2n) is 2.58. The SMILES string of the molecule is N#CC=CCC=Cc1ccccc1. The summed E-state index contributed by atoms with van der Waals surface area (Å²) in [6.45, 7) is 0. The lowest BCUT2D eigenvalue weighted by Gasteiger charge is -1.88. The molecular formula is C12H11N. The van der Waals surface area contributed by atoms with Crippen LogP contribution in [0.1, 0.15) is 12.0 Å². The lowest BCUT2D eigenvalue weighted by molar-refractivity contribution is 1.40. The zero-order valence-corrected chi connectivity index (χ0v) is 7.35. The minimum atomic E-state index is 0.808. The van der Waals surface area contributed by atoms with Crippen molar-refractivity contribution >= 4 is 6.08 Å². The van der Waals surface area contributed by atoms with Gasteiger partial charge in [0.2, 0.25) is 0 Å². The van der Waals surface area contributed by atoms with Crippen LogP contribution in [0, 0.1) is 11.3 Å². The van der Waals surface area contributed by atoms with E-state index in [1.54, 1.807) is 0 Å². The Labute approximate surface area is 78.6 Å². The molecule has 1 aromatic rings. The minimum Gasteiger partial charge on any atom is -0.193 e. The summed E-state index contributed by atoms with van der Waals surface area (Å²) in [5.74, 6) is 0. The lowest BCUT2D eigenvalue weighted by Crippen LogP contribution is -1.67. The van der Waals surface area contributed by atoms with Gasteiger partial charge in [-0.25, -0.2) is 0 Å². The highest BCUT2D eigenvalue weighted by Gasteiger charge is 1.80. The van der Waals surface area contributed by atoms with Crippen LogP contribution in [0.5, 0.6) is 0 Å². The topological polar surface area (TPSA) is 23.8 Å². The number of nitrogens with zero attached hydrogens (tertiary/aromatic N) is 1. The van der Waals surface area contributed by atoms with Crippen molar-refractivity contribution in [1.82, 2.24) is 0 Å². The van der Waals surface area contributed by atoms with Crippen LogP contribution in [-0.4, -0.2) is 0 Å². The number of hydrogen-bond donors (Lipinski definition) is 0. The molecule has 1 heteroatoms. The van der Waals surface area contributed by atoms with E-state index in [1.807, 2.05) is 54.6 Å². The second-order valence-corrected chi connectivity index (χ2v) is 2.58. The summed E-state index contributed by atoms with van der Waals surface area (Å²) in [5, 5.41) is 8.22. The van der Waals surface area contributed by atoms with E-state index in [2.05, 4.69) is 0 Å². The van der Waals surface area contributed by atoms with E-state index < -0.39 is 0 Å². The van der Waals surface area contributed by atoms with Crippen molar-refractivity contribution in [2.75, 3.05) is 0 Å². The van der Waals surface area contributed by atoms with Crippen molar-refractivity contribution in [2.24, 2.45) is 0 Å². The molecule has 0 aliphatic heterocycles. The molecule has 1 aromatic carbocycles. The molecule has 1 nitrogen and oxygen atoms in total. The van der Waals surface area contributed by atoms with Crippen LogP contribution < -0.4 is 0 Å². The summed E-state index contributed by atoms with van der Waals surface area (Å²) < 4.78 is 0. The molecule has 64 valence electrons. The Morgan fingerprint density at radius 3 is 2.62 bits per heavy atom. The maximum absolute atomic E-state index is 8.22. The summed E-state index contributed by atoms with van der Waals surface area (Å²) in [7, 11) is 0. The minimum absolute atomic E-state index is 0.808. The predicted octanol–water partition coefficient (Wildman–Crippen LogP) is 3.17. The van der Waals surface area contributed by atoms with Gasteiger partial charge in [0.1, 0.15) is 0 Å². The van der Waals surface area contributed by atoms with Gasteiger partial charge < -0.3 is 0 Å². The van der Waals surface area contributed by atoms with Gasteiger partial charge in [0, 0.05) is 6.08 Å². The first kappa shape index (κ1) is 9.28. The van der Waals surface area contributed by atoms with E-state index in [0.717, 1.165) is 6.42 Å². The number of rotatable bonds is 3. The molecule has 0 bridgehead atoms. The summed E-state index contributed by atoms with van der Waals surface area (Å²) in [4.78, 5) is 0. The summed E-state index contributed by atoms with van der Waals surface area (Å²) in [5.41, 5.74) is 1.19. The molecule has 0 saturated heterocycles. The van der Waals surface area contributed by atoms with E-state index in [9.17, 15) is 0 Å². The van der Waals surface area contributed by atoms with Gasteiger partial charge in [0.15, 0.2) is 0 Å². The Morgan fingerprint density at radius 2 is 1.92 bits per heavy atom. The molecule has 13 heavy (non-hydrogen) atoms. The van der Waals surface area contributed by atoms with E-state index in [0.29, 0.717) is 0 Å². The van der Waals surface area contributed by atoms with E-state index in [1.165, 1.54) is 11.6 Å². The van der Waals surface area contributed by atoms with E-state index >= 15 is 0 Å². The van der Waals surface area contributed by atoms with E-state index in [4.69, 9.17) is 5.26 Å². The van der Waals surface area contributed by atoms with Crippen molar-refractivity contribution in [1.29, 1.82) is 5.26 Å². The van der Waals surface area contributed by atoms with Gasteiger partial charge in [0.25, 0.3) is 0 Å². The Hall–Kier alpha value is -1.81. The first-order valence-corrected chi connectivity index (χ1v) is 4.19. The average molecular weight is 169 g/mol. The number of nitriles is 1. The highest BCUT2D eigenvalue weighted by molar-refractivity contribution is 5.48. The zero-order chi connectivity index (χ0) is 9.36. The van der Waals surface area contributed by atoms with Crippen molar-refractivity contribution in [2.45, 2.75) is 6.42 Å². The molecule has 0 fully saturated rings. The molecule has 0 unspecified atom stereocenters. The van der Waals surface area contributed by atoms with Gasteiger partial charge in [-0.05, 0) is 12.0 Å². The fourth-order valence-electron chi connectivity index (χ4n) is 0.968. The highest BCUT2D eigenvalue weighted by atomic mass is 14.2. The second kappa shape index (κ2) is 5.79. The summed E-state index contributed by atoms with van der Waals surface area (Å²) >= 11 is 0. The van der Waals surface area contributed by atoms with Crippen molar-refractivity contribution < 1.29 is 0 Å². The van der Waals surface area contributed by atoms with Crippen LogP contribution in [0.25, 0.3) is 6.08 Å². The van der Waals surface area contributed by atoms with Crippen LogP contribution in [0.15, 0.2) is 48.6 Å². The fourth-order valence-corrected chi connectivity index (χ4v) is 0.968. The molecule has 0 heterocycles. The molecular weight excluding hydrogens is 158 g/mol. The highest BCUT2D eigenvalue weighted by Crippen LogP contribution is 2.01. The van der Waals surface area contributed by atoms with Gasteiger partial charge in [-0.1, -0.05) is 48.6 Å². The molecule has 0 saturated carbocycles. The smallest absolute Gasteiger partial charge is 0.0908 e. The normalized spacial score (nSPS) is 10.7. The van der Waals surface area contributed by atoms with Gasteiger partial charge in [-0.3, -0.25) is 0 Å². The molecule has 0 aromatic heterocycles. The monoisotopic (exact) mass is 169 g/mol. The summed E-state index contributed by atoms with van der Waals surface area (Å²) in [6.07, 6.45) is 8.21. The predicted molar refractivity (Wildman–Crippen MR) is 54.8 cm³/mol. The Kier molecular flexibility index (Phi) is 4.13. The number of hydrogen-bond acceptors (Lipinski definition) is 1. The van der Waals surface area contributed by atoms with Gasteiger partial charge in [-0.15, -0.1) is 0 Å². The average Bonchev–Trinajstić information content (AvgIpc) is 2.19. The molecule has 0 radical (unpaired) electrons. The van der Waals surface area contributed by atoms with Gasteiger partial charge >= 0.3 is 0 Å². The molecule has 0 aliphatic carbocycles. The standard InChI is InChI=1S/C12H11N/c13-11-7-2-1-4-8-12-9-5-3-6-10-12/h2-10H,1H2. The van der Waals surface area contributed by atoms with E-state index in [-0.39, 0.29) is 0 Å². The first-order valence-electron chi connectivity index (χ1n) is 4.19. The van der Waals surface area contributed by atoms with Crippen LogP contribution in [0.2, 0.25) is 0 Å². The Bertz CT molecular complexity index is 328. The number of benzene rings is 1. The van der Waals surface area contributed by atoms with Crippen molar-refractivity contribution in [3.63, 3.8) is 0 Å². The molecule has 0 aliphatic rings. The van der Waals surface area contributed by atoms with Crippen molar-refractivity contribution in [3.05, 3.63) is 54.1 Å². The van der Waals surface area contributed by atoms with Crippen LogP contribution in [0.3, 0.4) is 0 Å². The Balaban J connectivity index is 2.42. The largest absolute Gasteiger partial charge is 0.193 e. The molecule has 0 amide bonds. The third kappa shape index (κ3) is 3.93. The van der Waals surface area contributed by atoms with Crippen LogP contribution in [-0.2, 0) is 0 Å². The quantitative estimate of drug-likeness (QED) is 0.637. The van der Waals surface area contributed by atoms with Crippen molar-refractivity contribution in [3.8, 4) is 6.07 Å². The van der Waals surface area contributed by atoms with Gasteiger partial charge in [0.05, 0.1) is 6.07 Å². The van der Waals surface area contributed by atoms with Crippen LogP contribution in [0.4, 0.5) is 0 Å². The molecule has 0 atom stereocenters. The first-order chi connectivity index (χ1) is 6.43. The number of allylic oxidation sites excluding steroid dienone is 3. The maximum atomic E-state index is 8.22. The Morgan fingerprint density at radius 1 is 1.15 bits per heavy atom. The molecule has 0 N–H and O–H groups in total. The summed E-state index contributed by atoms with van der Waals surface area (Å²) in [6, 6.07) is 12.0. The third-order valence-corrected chi connectivity index (χ3v) is 1.57. The maximum Gasteiger partial charge on any atom is 0.0908 e. The lowest BCUT2D eigenvalue weighted by atomic mass is 10.2. The third-order valence-electron chi connectivity index (χ3n) is 1.57. The zero-order valence-electron chi connectivity index (χ0n) is 7.35.